The third-order valence-corrected chi connectivity index (χ3v) is 10.6. The summed E-state index contributed by atoms with van der Waals surface area (Å²) in [5.41, 5.74) is 14.4. The lowest BCUT2D eigenvalue weighted by Gasteiger charge is -2.26. The number of furan rings is 2. The van der Waals surface area contributed by atoms with Crippen molar-refractivity contribution in [2.24, 2.45) is 0 Å². The maximum atomic E-state index is 6.91. The van der Waals surface area contributed by atoms with Crippen molar-refractivity contribution in [1.82, 2.24) is 4.57 Å². The Morgan fingerprint density at radius 2 is 1.00 bits per heavy atom. The van der Waals surface area contributed by atoms with Crippen molar-refractivity contribution in [2.75, 3.05) is 4.90 Å². The molecule has 11 rings (SSSR count). The van der Waals surface area contributed by atoms with Gasteiger partial charge in [0.05, 0.1) is 5.52 Å². The van der Waals surface area contributed by atoms with Gasteiger partial charge < -0.3 is 18.3 Å². The Morgan fingerprint density at radius 3 is 1.85 bits per heavy atom. The van der Waals surface area contributed by atoms with Crippen LogP contribution in [0.4, 0.5) is 17.1 Å². The van der Waals surface area contributed by atoms with E-state index in [2.05, 4.69) is 191 Å². The molecule has 0 atom stereocenters. The van der Waals surface area contributed by atoms with E-state index in [1.807, 2.05) is 12.1 Å². The van der Waals surface area contributed by atoms with Crippen LogP contribution in [0.2, 0.25) is 0 Å². The highest BCUT2D eigenvalue weighted by Crippen LogP contribution is 2.44. The fraction of sp³-hybridized carbons (Fsp3) is 0. The highest BCUT2D eigenvalue weighted by molar-refractivity contribution is 6.18. The molecule has 3 aromatic heterocycles. The lowest BCUT2D eigenvalue weighted by molar-refractivity contribution is 0.669. The number of para-hydroxylation sites is 4. The van der Waals surface area contributed by atoms with E-state index in [9.17, 15) is 0 Å². The van der Waals surface area contributed by atoms with E-state index in [1.54, 1.807) is 0 Å². The number of hydrogen-bond donors (Lipinski definition) is 0. The summed E-state index contributed by atoms with van der Waals surface area (Å²) in [5, 5.41) is 4.40. The van der Waals surface area contributed by atoms with Crippen LogP contribution in [-0.4, -0.2) is 4.57 Å². The number of anilines is 3. The number of fused-ring (bicyclic) bond motifs is 8. The fourth-order valence-electron chi connectivity index (χ4n) is 8.11. The van der Waals surface area contributed by atoms with Gasteiger partial charge in [-0.25, -0.2) is 0 Å². The van der Waals surface area contributed by atoms with Crippen molar-refractivity contribution in [2.45, 2.75) is 0 Å². The smallest absolute Gasteiger partial charge is 0.161 e. The molecule has 0 radical (unpaired) electrons. The van der Waals surface area contributed by atoms with Gasteiger partial charge in [0.1, 0.15) is 22.3 Å². The van der Waals surface area contributed by atoms with Crippen molar-refractivity contribution in [1.29, 1.82) is 0 Å². The van der Waals surface area contributed by atoms with Gasteiger partial charge in [-0.15, -0.1) is 0 Å². The third kappa shape index (κ3) is 4.78. The van der Waals surface area contributed by atoms with Gasteiger partial charge in [0.25, 0.3) is 0 Å². The predicted molar refractivity (Wildman–Crippen MR) is 223 cm³/mol. The van der Waals surface area contributed by atoms with Crippen LogP contribution in [0.1, 0.15) is 0 Å². The first-order valence-corrected chi connectivity index (χ1v) is 18.3. The molecular formula is C50H32N2O2. The fourth-order valence-corrected chi connectivity index (χ4v) is 8.11. The Labute approximate surface area is 311 Å². The standard InChI is InChI=1S/C50H32N2O2/c1-3-13-33(14-4-1)34-25-27-37(28-26-34)51(39-29-30-42-41-19-8-10-24-46(41)53-47(42)32-39)38-18-11-15-35(31-38)40-21-12-22-44-48-50(54-49(40)44)43-20-7-9-23-45(43)52(48)36-16-5-2-6-17-36/h1-32H. The Hall–Kier alpha value is -7.30. The van der Waals surface area contributed by atoms with Gasteiger partial charge in [-0.3, -0.25) is 0 Å². The summed E-state index contributed by atoms with van der Waals surface area (Å²) < 4.78 is 15.6. The van der Waals surface area contributed by atoms with E-state index in [4.69, 9.17) is 8.83 Å². The van der Waals surface area contributed by atoms with Crippen molar-refractivity contribution >= 4 is 72.0 Å². The third-order valence-electron chi connectivity index (χ3n) is 10.6. The van der Waals surface area contributed by atoms with Crippen molar-refractivity contribution in [3.63, 3.8) is 0 Å². The van der Waals surface area contributed by atoms with E-state index in [-0.39, 0.29) is 0 Å². The summed E-state index contributed by atoms with van der Waals surface area (Å²) in [7, 11) is 0. The molecule has 4 heteroatoms. The maximum absolute atomic E-state index is 6.91. The number of benzene rings is 8. The molecule has 8 aromatic carbocycles. The zero-order chi connectivity index (χ0) is 35.6. The molecule has 0 aliphatic carbocycles. The second-order valence-corrected chi connectivity index (χ2v) is 13.7. The molecule has 0 bridgehead atoms. The van der Waals surface area contributed by atoms with E-state index >= 15 is 0 Å². The van der Waals surface area contributed by atoms with Gasteiger partial charge in [0, 0.05) is 55.9 Å². The maximum Gasteiger partial charge on any atom is 0.161 e. The molecule has 4 nitrogen and oxygen atoms in total. The van der Waals surface area contributed by atoms with Gasteiger partial charge in [-0.1, -0.05) is 115 Å². The van der Waals surface area contributed by atoms with Crippen LogP contribution in [0.5, 0.6) is 0 Å². The second kappa shape index (κ2) is 12.1. The summed E-state index contributed by atoms with van der Waals surface area (Å²) in [6.45, 7) is 0. The van der Waals surface area contributed by atoms with Crippen molar-refractivity contribution in [3.05, 3.63) is 194 Å². The van der Waals surface area contributed by atoms with Crippen LogP contribution >= 0.6 is 0 Å². The summed E-state index contributed by atoms with van der Waals surface area (Å²) >= 11 is 0. The Balaban J connectivity index is 1.09. The minimum Gasteiger partial charge on any atom is -0.456 e. The Kier molecular flexibility index (Phi) is 6.82. The van der Waals surface area contributed by atoms with Crippen LogP contribution in [-0.2, 0) is 0 Å². The molecule has 0 amide bonds. The van der Waals surface area contributed by atoms with Crippen molar-refractivity contribution < 1.29 is 8.83 Å². The molecular weight excluding hydrogens is 661 g/mol. The molecule has 0 unspecified atom stereocenters. The van der Waals surface area contributed by atoms with Gasteiger partial charge in [0.15, 0.2) is 5.58 Å². The Bertz CT molecular complexity index is 3150. The number of rotatable bonds is 6. The molecule has 3 heterocycles. The zero-order valence-corrected chi connectivity index (χ0v) is 29.2. The van der Waals surface area contributed by atoms with Gasteiger partial charge in [-0.2, -0.15) is 0 Å². The first-order valence-electron chi connectivity index (χ1n) is 18.3. The molecule has 0 fully saturated rings. The van der Waals surface area contributed by atoms with E-state index < -0.39 is 0 Å². The first kappa shape index (κ1) is 30.3. The Morgan fingerprint density at radius 1 is 0.370 bits per heavy atom. The minimum atomic E-state index is 0.855. The van der Waals surface area contributed by atoms with Gasteiger partial charge in [0.2, 0.25) is 0 Å². The number of hydrogen-bond acceptors (Lipinski definition) is 3. The monoisotopic (exact) mass is 692 g/mol. The normalized spacial score (nSPS) is 11.7. The lowest BCUT2D eigenvalue weighted by atomic mass is 10.0. The molecule has 0 saturated carbocycles. The van der Waals surface area contributed by atoms with Crippen molar-refractivity contribution in [3.8, 4) is 27.9 Å². The van der Waals surface area contributed by atoms with E-state index in [1.165, 1.54) is 11.1 Å². The quantitative estimate of drug-likeness (QED) is 0.174. The first-order chi connectivity index (χ1) is 26.8. The SMILES string of the molecule is c1ccc(-c2ccc(N(c3cccc(-c4cccc5c4oc4c6ccccc6n(-c6ccccc6)c54)c3)c3ccc4c(c3)oc3ccccc34)cc2)cc1. The van der Waals surface area contributed by atoms with Crippen LogP contribution in [0, 0.1) is 0 Å². The van der Waals surface area contributed by atoms with Crippen LogP contribution in [0.3, 0.4) is 0 Å². The molecule has 0 saturated heterocycles. The number of aromatic nitrogens is 1. The largest absolute Gasteiger partial charge is 0.456 e. The van der Waals surface area contributed by atoms with Crippen LogP contribution in [0.15, 0.2) is 203 Å². The van der Waals surface area contributed by atoms with Crippen LogP contribution < -0.4 is 4.90 Å². The summed E-state index contributed by atoms with van der Waals surface area (Å²) in [5.74, 6) is 0. The molecule has 254 valence electrons. The molecule has 54 heavy (non-hydrogen) atoms. The van der Waals surface area contributed by atoms with Gasteiger partial charge in [-0.05, 0) is 89.5 Å². The summed E-state index contributed by atoms with van der Waals surface area (Å²) in [4.78, 5) is 2.31. The molecule has 0 aliphatic heterocycles. The predicted octanol–water partition coefficient (Wildman–Crippen LogP) is 14.2. The van der Waals surface area contributed by atoms with Crippen LogP contribution in [0.25, 0.3) is 82.9 Å². The minimum absolute atomic E-state index is 0.855. The highest BCUT2D eigenvalue weighted by atomic mass is 16.3. The lowest BCUT2D eigenvalue weighted by Crippen LogP contribution is -2.10. The van der Waals surface area contributed by atoms with Gasteiger partial charge >= 0.3 is 0 Å². The highest BCUT2D eigenvalue weighted by Gasteiger charge is 2.22. The van der Waals surface area contributed by atoms with E-state index in [0.717, 1.165) is 88.8 Å². The average molecular weight is 693 g/mol. The summed E-state index contributed by atoms with van der Waals surface area (Å²) in [6, 6.07) is 68.3. The molecule has 11 aromatic rings. The number of nitrogens with zero attached hydrogens (tertiary/aromatic N) is 2. The average Bonchev–Trinajstić information content (AvgIpc) is 3.91. The zero-order valence-electron chi connectivity index (χ0n) is 29.2. The molecule has 0 N–H and O–H groups in total. The molecule has 0 aliphatic rings. The van der Waals surface area contributed by atoms with E-state index in [0.29, 0.717) is 0 Å². The second-order valence-electron chi connectivity index (χ2n) is 13.7. The molecule has 0 spiro atoms. The topological polar surface area (TPSA) is 34.5 Å². The summed E-state index contributed by atoms with van der Waals surface area (Å²) in [6.07, 6.45) is 0.